The third kappa shape index (κ3) is 4.78. The van der Waals surface area contributed by atoms with Crippen molar-refractivity contribution in [2.45, 2.75) is 27.7 Å². The number of hydrogen-bond donors (Lipinski definition) is 3. The van der Waals surface area contributed by atoms with Crippen molar-refractivity contribution in [3.8, 4) is 22.0 Å². The number of aromatic nitrogens is 5. The highest BCUT2D eigenvalue weighted by Gasteiger charge is 2.17. The van der Waals surface area contributed by atoms with Gasteiger partial charge in [-0.1, -0.05) is 46.1 Å². The fourth-order valence-electron chi connectivity index (χ4n) is 4.02. The number of aromatic amines is 2. The van der Waals surface area contributed by atoms with E-state index in [1.807, 2.05) is 49.5 Å². The second-order valence-electron chi connectivity index (χ2n) is 9.85. The van der Waals surface area contributed by atoms with Crippen LogP contribution in [-0.4, -0.2) is 25.1 Å². The van der Waals surface area contributed by atoms with E-state index in [0.717, 1.165) is 66.6 Å². The van der Waals surface area contributed by atoms with Crippen LogP contribution in [-0.2, 0) is 0 Å². The van der Waals surface area contributed by atoms with Crippen LogP contribution in [0.25, 0.3) is 49.5 Å². The molecule has 0 unspecified atom stereocenters. The maximum absolute atomic E-state index is 5.02. The Morgan fingerprint density at radius 1 is 1.11 bits per heavy atom. The molecule has 6 nitrogen and oxygen atoms in total. The van der Waals surface area contributed by atoms with Gasteiger partial charge in [0.2, 0.25) is 0 Å². The summed E-state index contributed by atoms with van der Waals surface area (Å²) in [5, 5.41) is 14.3. The summed E-state index contributed by atoms with van der Waals surface area (Å²) in [6.45, 7) is 16.5. The summed E-state index contributed by atoms with van der Waals surface area (Å²) in [5.74, 6) is 0. The number of nitrogens with one attached hydrogen (secondary N) is 3. The first kappa shape index (κ1) is 24.5. The van der Waals surface area contributed by atoms with Gasteiger partial charge in [0.25, 0.3) is 0 Å². The largest absolute Gasteiger partial charge is 0.359 e. The molecule has 0 spiro atoms. The zero-order chi connectivity index (χ0) is 26.2. The lowest BCUT2D eigenvalue weighted by Gasteiger charge is -2.23. The van der Waals surface area contributed by atoms with Gasteiger partial charge < -0.3 is 10.3 Å². The number of fused-ring (bicyclic) bond motifs is 2. The minimum atomic E-state index is -0.0699. The SMILES string of the molecule is C=C/C(=C\C(=C/C)c1ccc2[nH]nc(-c3cc4c(-c5cccs5)nccc4[nH]3)c2n1)NC(=C)C(C)(C)C. The van der Waals surface area contributed by atoms with E-state index in [4.69, 9.17) is 4.98 Å². The molecule has 0 amide bonds. The van der Waals surface area contributed by atoms with Gasteiger partial charge in [-0.25, -0.2) is 4.98 Å². The molecule has 0 aliphatic rings. The third-order valence-corrected chi connectivity index (χ3v) is 7.18. The van der Waals surface area contributed by atoms with Crippen molar-refractivity contribution >= 4 is 38.8 Å². The zero-order valence-electron chi connectivity index (χ0n) is 21.5. The van der Waals surface area contributed by atoms with Crippen LogP contribution in [0.4, 0.5) is 0 Å². The van der Waals surface area contributed by atoms with Gasteiger partial charge in [0.05, 0.1) is 27.5 Å². The summed E-state index contributed by atoms with van der Waals surface area (Å²) >= 11 is 1.68. The molecule has 0 bridgehead atoms. The van der Waals surface area contributed by atoms with E-state index in [9.17, 15) is 0 Å². The molecule has 0 fully saturated rings. The van der Waals surface area contributed by atoms with Gasteiger partial charge in [-0.15, -0.1) is 11.3 Å². The van der Waals surface area contributed by atoms with Crippen molar-refractivity contribution < 1.29 is 0 Å². The number of rotatable bonds is 7. The average Bonchev–Trinajstić information content (AvgIpc) is 3.64. The van der Waals surface area contributed by atoms with Gasteiger partial charge in [0, 0.05) is 33.9 Å². The van der Waals surface area contributed by atoms with E-state index in [-0.39, 0.29) is 5.41 Å². The van der Waals surface area contributed by atoms with Crippen molar-refractivity contribution in [1.29, 1.82) is 0 Å². The van der Waals surface area contributed by atoms with E-state index in [0.29, 0.717) is 0 Å². The van der Waals surface area contributed by atoms with Crippen LogP contribution >= 0.6 is 11.3 Å². The van der Waals surface area contributed by atoms with Gasteiger partial charge in [0.1, 0.15) is 11.2 Å². The first-order valence-electron chi connectivity index (χ1n) is 12.1. The molecular weight excluding hydrogens is 476 g/mol. The van der Waals surface area contributed by atoms with Crippen LogP contribution in [0.2, 0.25) is 0 Å². The van der Waals surface area contributed by atoms with E-state index < -0.39 is 0 Å². The molecule has 0 aliphatic heterocycles. The number of pyridine rings is 2. The second kappa shape index (κ2) is 9.67. The molecule has 7 heteroatoms. The Hall–Kier alpha value is -4.23. The highest BCUT2D eigenvalue weighted by molar-refractivity contribution is 7.13. The molecular formula is C30H30N6S. The molecule has 0 radical (unpaired) electrons. The standard InChI is InChI=1S/C30H30N6S/c1-7-19(16-20(8-2)32-18(3)30(4,5)6)22-11-12-24-28(34-22)29(36-35-24)25-17-21-23(33-25)13-14-31-27(21)26-10-9-15-37-26/h7-17,32-33H,2-3H2,1,4-6H3,(H,35,36)/b19-7+,20-16+. The van der Waals surface area contributed by atoms with Crippen molar-refractivity contribution in [2.75, 3.05) is 0 Å². The molecule has 37 heavy (non-hydrogen) atoms. The number of allylic oxidation sites excluding steroid dienone is 5. The molecule has 0 aliphatic carbocycles. The number of hydrogen-bond acceptors (Lipinski definition) is 5. The van der Waals surface area contributed by atoms with Gasteiger partial charge in [-0.05, 0) is 60.4 Å². The first-order valence-corrected chi connectivity index (χ1v) is 13.0. The maximum atomic E-state index is 5.02. The normalized spacial score (nSPS) is 12.9. The van der Waals surface area contributed by atoms with Gasteiger partial charge in [-0.2, -0.15) is 5.10 Å². The Balaban J connectivity index is 1.54. The lowest BCUT2D eigenvalue weighted by atomic mass is 9.92. The van der Waals surface area contributed by atoms with Crippen molar-refractivity contribution in [2.24, 2.45) is 5.41 Å². The minimum absolute atomic E-state index is 0.0699. The lowest BCUT2D eigenvalue weighted by molar-refractivity contribution is 0.478. The predicted octanol–water partition coefficient (Wildman–Crippen LogP) is 7.85. The third-order valence-electron chi connectivity index (χ3n) is 6.30. The summed E-state index contributed by atoms with van der Waals surface area (Å²) in [5.41, 5.74) is 8.85. The molecule has 5 aromatic heterocycles. The van der Waals surface area contributed by atoms with Gasteiger partial charge >= 0.3 is 0 Å². The Bertz CT molecular complexity index is 1670. The highest BCUT2D eigenvalue weighted by atomic mass is 32.1. The average molecular weight is 507 g/mol. The number of nitrogens with zero attached hydrogens (tertiary/aromatic N) is 3. The molecule has 3 N–H and O–H groups in total. The molecule has 5 heterocycles. The monoisotopic (exact) mass is 506 g/mol. The first-order chi connectivity index (χ1) is 17.8. The highest BCUT2D eigenvalue weighted by Crippen LogP contribution is 2.34. The van der Waals surface area contributed by atoms with E-state index >= 15 is 0 Å². The van der Waals surface area contributed by atoms with Crippen LogP contribution in [0.3, 0.4) is 0 Å². The number of thiophene rings is 1. The van der Waals surface area contributed by atoms with E-state index in [1.54, 1.807) is 17.4 Å². The summed E-state index contributed by atoms with van der Waals surface area (Å²) in [6.07, 6.45) is 7.72. The van der Waals surface area contributed by atoms with Crippen LogP contribution in [0.15, 0.2) is 90.8 Å². The van der Waals surface area contributed by atoms with Crippen molar-refractivity contribution in [3.05, 3.63) is 96.4 Å². The molecule has 0 saturated heterocycles. The van der Waals surface area contributed by atoms with Crippen LogP contribution < -0.4 is 5.32 Å². The van der Waals surface area contributed by atoms with Crippen LogP contribution in [0, 0.1) is 5.41 Å². The van der Waals surface area contributed by atoms with Crippen LogP contribution in [0.1, 0.15) is 33.4 Å². The van der Waals surface area contributed by atoms with Crippen molar-refractivity contribution in [3.63, 3.8) is 0 Å². The zero-order valence-corrected chi connectivity index (χ0v) is 22.3. The Morgan fingerprint density at radius 3 is 2.65 bits per heavy atom. The van der Waals surface area contributed by atoms with Crippen molar-refractivity contribution in [1.82, 2.24) is 30.5 Å². The Labute approximate surface area is 220 Å². The Kier molecular flexibility index (Phi) is 6.39. The molecule has 5 rings (SSSR count). The predicted molar refractivity (Wildman–Crippen MR) is 156 cm³/mol. The van der Waals surface area contributed by atoms with E-state index in [1.165, 1.54) is 0 Å². The smallest absolute Gasteiger partial charge is 0.135 e. The summed E-state index contributed by atoms with van der Waals surface area (Å²) in [4.78, 5) is 14.3. The quantitative estimate of drug-likeness (QED) is 0.196. The Morgan fingerprint density at radius 2 is 1.95 bits per heavy atom. The van der Waals surface area contributed by atoms with Gasteiger partial charge in [0.15, 0.2) is 0 Å². The summed E-state index contributed by atoms with van der Waals surface area (Å²) in [6, 6.07) is 12.2. The molecule has 0 saturated carbocycles. The summed E-state index contributed by atoms with van der Waals surface area (Å²) < 4.78 is 0. The fraction of sp³-hybridized carbons (Fsp3) is 0.167. The maximum Gasteiger partial charge on any atom is 0.135 e. The summed E-state index contributed by atoms with van der Waals surface area (Å²) in [7, 11) is 0. The molecule has 0 atom stereocenters. The minimum Gasteiger partial charge on any atom is -0.359 e. The molecule has 186 valence electrons. The van der Waals surface area contributed by atoms with Gasteiger partial charge in [-0.3, -0.25) is 10.1 Å². The fourth-order valence-corrected chi connectivity index (χ4v) is 4.75. The lowest BCUT2D eigenvalue weighted by Crippen LogP contribution is -2.22. The van der Waals surface area contributed by atoms with Crippen LogP contribution in [0.5, 0.6) is 0 Å². The number of H-pyrrole nitrogens is 2. The van der Waals surface area contributed by atoms with E-state index in [2.05, 4.69) is 76.9 Å². The topological polar surface area (TPSA) is 82.3 Å². The second-order valence-corrected chi connectivity index (χ2v) is 10.8. The molecule has 5 aromatic rings. The molecule has 0 aromatic carbocycles.